The first kappa shape index (κ1) is 27.6. The van der Waals surface area contributed by atoms with Crippen molar-refractivity contribution in [3.05, 3.63) is 71.8 Å². The van der Waals surface area contributed by atoms with Gasteiger partial charge in [-0.05, 0) is 36.8 Å². The van der Waals surface area contributed by atoms with Crippen LogP contribution in [0.2, 0.25) is 0 Å². The Morgan fingerprint density at radius 1 is 0.500 bits per heavy atom. The largest absolute Gasteiger partial charge is 1.00 e. The number of rotatable bonds is 16. The Morgan fingerprint density at radius 2 is 0.867 bits per heavy atom. The van der Waals surface area contributed by atoms with Crippen molar-refractivity contribution in [1.82, 2.24) is 0 Å². The SMILES string of the molecule is CCCCCCC[P+](CCCCCCC)(Cc1ccccc1)Cc1ccccc1.[I-]. The molecule has 0 unspecified atom stereocenters. The first-order valence-electron chi connectivity index (χ1n) is 12.2. The minimum atomic E-state index is -1.04. The maximum absolute atomic E-state index is 2.37. The van der Waals surface area contributed by atoms with Crippen molar-refractivity contribution in [2.24, 2.45) is 0 Å². The van der Waals surface area contributed by atoms with Gasteiger partial charge in [0.15, 0.2) is 0 Å². The molecule has 2 aromatic carbocycles. The van der Waals surface area contributed by atoms with Gasteiger partial charge in [0, 0.05) is 7.26 Å². The van der Waals surface area contributed by atoms with Crippen LogP contribution >= 0.6 is 7.26 Å². The summed E-state index contributed by atoms with van der Waals surface area (Å²) in [7, 11) is -1.04. The van der Waals surface area contributed by atoms with Gasteiger partial charge in [0.05, 0.1) is 24.6 Å². The fourth-order valence-corrected chi connectivity index (χ4v) is 9.25. The Bertz CT molecular complexity index is 568. The quantitative estimate of drug-likeness (QED) is 0.133. The molecule has 0 fully saturated rings. The van der Waals surface area contributed by atoms with E-state index in [2.05, 4.69) is 74.5 Å². The second-order valence-electron chi connectivity index (χ2n) is 8.90. The van der Waals surface area contributed by atoms with Gasteiger partial charge in [0.1, 0.15) is 0 Å². The first-order valence-corrected chi connectivity index (χ1v) is 14.7. The molecule has 0 aliphatic heterocycles. The molecular weight excluding hydrogens is 494 g/mol. The van der Waals surface area contributed by atoms with Crippen LogP contribution in [0.1, 0.15) is 89.2 Å². The molecule has 2 heteroatoms. The molecule has 0 bridgehead atoms. The van der Waals surface area contributed by atoms with Gasteiger partial charge in [-0.1, -0.05) is 113 Å². The lowest BCUT2D eigenvalue weighted by molar-refractivity contribution is -0.00000634. The van der Waals surface area contributed by atoms with E-state index in [1.54, 1.807) is 11.1 Å². The molecule has 0 radical (unpaired) electrons. The molecule has 2 aromatic rings. The third-order valence-corrected chi connectivity index (χ3v) is 10.8. The van der Waals surface area contributed by atoms with Crippen LogP contribution in [0.4, 0.5) is 0 Å². The van der Waals surface area contributed by atoms with Crippen LogP contribution in [-0.4, -0.2) is 12.3 Å². The molecule has 0 saturated carbocycles. The minimum absolute atomic E-state index is 0. The fourth-order valence-electron chi connectivity index (χ4n) is 4.53. The summed E-state index contributed by atoms with van der Waals surface area (Å²) >= 11 is 0. The molecule has 30 heavy (non-hydrogen) atoms. The van der Waals surface area contributed by atoms with E-state index in [1.165, 1.54) is 88.9 Å². The average Bonchev–Trinajstić information content (AvgIpc) is 2.75. The van der Waals surface area contributed by atoms with E-state index in [0.717, 1.165) is 0 Å². The molecule has 0 heterocycles. The van der Waals surface area contributed by atoms with Gasteiger partial charge in [-0.25, -0.2) is 0 Å². The van der Waals surface area contributed by atoms with E-state index in [4.69, 9.17) is 0 Å². The van der Waals surface area contributed by atoms with Crippen LogP contribution in [0, 0.1) is 0 Å². The van der Waals surface area contributed by atoms with Crippen LogP contribution in [0.15, 0.2) is 60.7 Å². The van der Waals surface area contributed by atoms with E-state index in [9.17, 15) is 0 Å². The topological polar surface area (TPSA) is 0 Å². The third-order valence-electron chi connectivity index (χ3n) is 6.19. The molecule has 0 aliphatic carbocycles. The summed E-state index contributed by atoms with van der Waals surface area (Å²) in [4.78, 5) is 0. The first-order chi connectivity index (χ1) is 14.3. The molecule has 0 saturated heterocycles. The summed E-state index contributed by atoms with van der Waals surface area (Å²) in [5.74, 6) is 0. The van der Waals surface area contributed by atoms with Crippen molar-refractivity contribution in [2.75, 3.05) is 12.3 Å². The van der Waals surface area contributed by atoms with Gasteiger partial charge in [0.2, 0.25) is 0 Å². The number of benzene rings is 2. The van der Waals surface area contributed by atoms with Crippen LogP contribution in [0.3, 0.4) is 0 Å². The Morgan fingerprint density at radius 3 is 1.23 bits per heavy atom. The van der Waals surface area contributed by atoms with Crippen LogP contribution in [0.25, 0.3) is 0 Å². The summed E-state index contributed by atoms with van der Waals surface area (Å²) in [6.07, 6.45) is 19.7. The van der Waals surface area contributed by atoms with E-state index in [-0.39, 0.29) is 24.0 Å². The lowest BCUT2D eigenvalue weighted by Crippen LogP contribution is -3.00. The number of hydrogen-bond donors (Lipinski definition) is 0. The smallest absolute Gasteiger partial charge is 0.0846 e. The van der Waals surface area contributed by atoms with Gasteiger partial charge < -0.3 is 24.0 Å². The van der Waals surface area contributed by atoms with Gasteiger partial charge in [0.25, 0.3) is 0 Å². The number of halogens is 1. The second-order valence-corrected chi connectivity index (χ2v) is 13.1. The van der Waals surface area contributed by atoms with Gasteiger partial charge >= 0.3 is 0 Å². The molecule has 0 aliphatic rings. The van der Waals surface area contributed by atoms with Crippen LogP contribution < -0.4 is 24.0 Å². The zero-order chi connectivity index (χ0) is 20.6. The van der Waals surface area contributed by atoms with Crippen molar-refractivity contribution < 1.29 is 24.0 Å². The third kappa shape index (κ3) is 11.3. The summed E-state index contributed by atoms with van der Waals surface area (Å²) in [6.45, 7) is 4.64. The summed E-state index contributed by atoms with van der Waals surface area (Å²) in [5, 5.41) is 0. The summed E-state index contributed by atoms with van der Waals surface area (Å²) in [5.41, 5.74) is 3.14. The molecule has 0 amide bonds. The molecule has 0 nitrogen and oxygen atoms in total. The minimum Gasteiger partial charge on any atom is -1.00 e. The van der Waals surface area contributed by atoms with Crippen molar-refractivity contribution in [2.45, 2.75) is 90.4 Å². The average molecular weight is 539 g/mol. The molecule has 168 valence electrons. The van der Waals surface area contributed by atoms with Crippen molar-refractivity contribution in [1.29, 1.82) is 0 Å². The highest BCUT2D eigenvalue weighted by Gasteiger charge is 2.36. The summed E-state index contributed by atoms with van der Waals surface area (Å²) in [6, 6.07) is 22.7. The Balaban J connectivity index is 0.00000450. The van der Waals surface area contributed by atoms with E-state index in [0.29, 0.717) is 0 Å². The molecule has 0 spiro atoms. The standard InChI is InChI=1S/C28H44P.HI/c1-3-5-7-9-17-23-29(24-18-10-8-6-4-2,25-27-19-13-11-14-20-27)26-28-21-15-12-16-22-28;/h11-16,19-22H,3-10,17-18,23-26H2,1-2H3;1H/q+1;/p-1. The molecule has 0 aromatic heterocycles. The zero-order valence-electron chi connectivity index (χ0n) is 19.5. The normalized spacial score (nSPS) is 11.3. The van der Waals surface area contributed by atoms with Crippen LogP contribution in [0.5, 0.6) is 0 Å². The highest BCUT2D eigenvalue weighted by Crippen LogP contribution is 2.65. The number of unbranched alkanes of at least 4 members (excludes halogenated alkanes) is 8. The lowest BCUT2D eigenvalue weighted by atomic mass is 10.2. The van der Waals surface area contributed by atoms with E-state index in [1.807, 2.05) is 0 Å². The van der Waals surface area contributed by atoms with E-state index < -0.39 is 7.26 Å². The van der Waals surface area contributed by atoms with Gasteiger partial charge in [-0.3, -0.25) is 0 Å². The van der Waals surface area contributed by atoms with Crippen molar-refractivity contribution in [3.8, 4) is 0 Å². The monoisotopic (exact) mass is 538 g/mol. The maximum Gasteiger partial charge on any atom is 0.0846 e. The Hall–Kier alpha value is -0.400. The maximum atomic E-state index is 2.37. The lowest BCUT2D eigenvalue weighted by Gasteiger charge is -2.28. The highest BCUT2D eigenvalue weighted by molar-refractivity contribution is 7.74. The highest BCUT2D eigenvalue weighted by atomic mass is 127. The molecule has 0 atom stereocenters. The molecule has 0 N–H and O–H groups in total. The van der Waals surface area contributed by atoms with Crippen molar-refractivity contribution >= 4 is 7.26 Å². The van der Waals surface area contributed by atoms with E-state index >= 15 is 0 Å². The Labute approximate surface area is 205 Å². The number of hydrogen-bond acceptors (Lipinski definition) is 0. The molecule has 2 rings (SSSR count). The van der Waals surface area contributed by atoms with Gasteiger partial charge in [-0.15, -0.1) is 0 Å². The Kier molecular flexibility index (Phi) is 15.8. The van der Waals surface area contributed by atoms with Gasteiger partial charge in [-0.2, -0.15) is 0 Å². The zero-order valence-corrected chi connectivity index (χ0v) is 22.6. The fraction of sp³-hybridized carbons (Fsp3) is 0.571. The predicted octanol–water partition coefficient (Wildman–Crippen LogP) is 6.35. The predicted molar refractivity (Wildman–Crippen MR) is 134 cm³/mol. The summed E-state index contributed by atoms with van der Waals surface area (Å²) < 4.78 is 0. The molecular formula is C28H44IP. The second kappa shape index (κ2) is 17.2. The van der Waals surface area contributed by atoms with Crippen LogP contribution in [-0.2, 0) is 12.3 Å². The van der Waals surface area contributed by atoms with Crippen molar-refractivity contribution in [3.63, 3.8) is 0 Å².